The van der Waals surface area contributed by atoms with E-state index in [9.17, 15) is 9.90 Å². The minimum absolute atomic E-state index is 0.0863. The number of rotatable bonds is 12. The number of ether oxygens (including phenoxy) is 4. The van der Waals surface area contributed by atoms with Gasteiger partial charge in [0.25, 0.3) is 5.91 Å². The van der Waals surface area contributed by atoms with Crippen LogP contribution in [-0.2, 0) is 9.47 Å². The summed E-state index contributed by atoms with van der Waals surface area (Å²) in [7, 11) is 3.21. The van der Waals surface area contributed by atoms with Gasteiger partial charge >= 0.3 is 0 Å². The van der Waals surface area contributed by atoms with Crippen LogP contribution in [-0.4, -0.2) is 99.8 Å². The Labute approximate surface area is 205 Å². The van der Waals surface area contributed by atoms with E-state index in [1.165, 1.54) is 0 Å². The summed E-state index contributed by atoms with van der Waals surface area (Å²) in [6.07, 6.45) is -0.822. The largest absolute Gasteiger partial charge is 0.497 e. The minimum atomic E-state index is -0.653. The first-order valence-electron chi connectivity index (χ1n) is 11.3. The Morgan fingerprint density at radius 2 is 1.88 bits per heavy atom. The Bertz CT molecular complexity index is 880. The molecule has 8 nitrogen and oxygen atoms in total. The van der Waals surface area contributed by atoms with E-state index in [-0.39, 0.29) is 18.6 Å². The van der Waals surface area contributed by atoms with Gasteiger partial charge in [0, 0.05) is 50.4 Å². The summed E-state index contributed by atoms with van der Waals surface area (Å²) < 4.78 is 22.0. The van der Waals surface area contributed by atoms with Gasteiger partial charge in [0.15, 0.2) is 0 Å². The number of methoxy groups -OCH3 is 2. The maximum Gasteiger partial charge on any atom is 0.254 e. The lowest BCUT2D eigenvalue weighted by Crippen LogP contribution is -2.51. The quantitative estimate of drug-likeness (QED) is 0.487. The second-order valence-corrected chi connectivity index (χ2v) is 8.58. The smallest absolute Gasteiger partial charge is 0.254 e. The van der Waals surface area contributed by atoms with Gasteiger partial charge in [-0.25, -0.2) is 0 Å². The molecule has 34 heavy (non-hydrogen) atoms. The van der Waals surface area contributed by atoms with Crippen LogP contribution in [0.25, 0.3) is 0 Å². The molecule has 1 N–H and O–H groups in total. The molecule has 0 aliphatic carbocycles. The molecule has 0 bridgehead atoms. The highest BCUT2D eigenvalue weighted by Gasteiger charge is 2.26. The molecule has 1 aliphatic heterocycles. The summed E-state index contributed by atoms with van der Waals surface area (Å²) in [6, 6.07) is 14.1. The molecule has 0 saturated carbocycles. The van der Waals surface area contributed by atoms with E-state index in [1.54, 1.807) is 67.7 Å². The predicted octanol–water partition coefficient (Wildman–Crippen LogP) is 2.58. The van der Waals surface area contributed by atoms with Crippen LogP contribution in [0.1, 0.15) is 10.4 Å². The Morgan fingerprint density at radius 3 is 2.56 bits per heavy atom. The van der Waals surface area contributed by atoms with Gasteiger partial charge in [-0.1, -0.05) is 11.6 Å². The van der Waals surface area contributed by atoms with Crippen LogP contribution < -0.4 is 9.47 Å². The van der Waals surface area contributed by atoms with Crippen molar-refractivity contribution in [1.29, 1.82) is 0 Å². The maximum atomic E-state index is 13.1. The summed E-state index contributed by atoms with van der Waals surface area (Å²) in [6.45, 7) is 3.80. The molecule has 0 spiro atoms. The molecule has 2 aromatic carbocycles. The fourth-order valence-electron chi connectivity index (χ4n) is 3.77. The Morgan fingerprint density at radius 1 is 1.18 bits per heavy atom. The number of aliphatic hydroxyl groups is 1. The van der Waals surface area contributed by atoms with Gasteiger partial charge in [-0.15, -0.1) is 0 Å². The third-order valence-electron chi connectivity index (χ3n) is 5.56. The van der Waals surface area contributed by atoms with Gasteiger partial charge < -0.3 is 29.0 Å². The van der Waals surface area contributed by atoms with Crippen LogP contribution in [0.5, 0.6) is 11.5 Å². The number of aliphatic hydroxyl groups excluding tert-OH is 1. The highest BCUT2D eigenvalue weighted by molar-refractivity contribution is 6.30. The third kappa shape index (κ3) is 8.14. The molecule has 2 atom stereocenters. The number of carbonyl (C=O) groups excluding carboxylic acids is 1. The molecule has 9 heteroatoms. The lowest BCUT2D eigenvalue weighted by Gasteiger charge is -2.36. The van der Waals surface area contributed by atoms with Gasteiger partial charge in [0.05, 0.1) is 26.4 Å². The van der Waals surface area contributed by atoms with Crippen molar-refractivity contribution in [3.8, 4) is 11.5 Å². The standard InChI is InChI=1S/C25H33ClN2O6/c1-31-13-12-28(25(30)19-3-7-22(32-2)8-4-19)17-24-16-27(11-14-33-24)15-21(29)18-34-23-9-5-20(26)6-10-23/h3-10,21,24,29H,11-18H2,1-2H3. The maximum absolute atomic E-state index is 13.1. The average Bonchev–Trinajstić information content (AvgIpc) is 2.86. The van der Waals surface area contributed by atoms with Gasteiger partial charge in [0.1, 0.15) is 24.2 Å². The zero-order valence-corrected chi connectivity index (χ0v) is 20.4. The molecule has 1 heterocycles. The van der Waals surface area contributed by atoms with Crippen molar-refractivity contribution < 1.29 is 28.8 Å². The minimum Gasteiger partial charge on any atom is -0.497 e. The average molecular weight is 493 g/mol. The zero-order valence-electron chi connectivity index (χ0n) is 19.7. The zero-order chi connectivity index (χ0) is 24.3. The number of hydrogen-bond acceptors (Lipinski definition) is 7. The van der Waals surface area contributed by atoms with E-state index in [1.807, 2.05) is 0 Å². The van der Waals surface area contributed by atoms with E-state index in [0.29, 0.717) is 68.0 Å². The number of β-amino-alcohol motifs (C(OH)–C–C–N with tert-alkyl or cyclic N) is 1. The van der Waals surface area contributed by atoms with Crippen LogP contribution >= 0.6 is 11.6 Å². The molecule has 1 saturated heterocycles. The monoisotopic (exact) mass is 492 g/mol. The fourth-order valence-corrected chi connectivity index (χ4v) is 3.90. The fraction of sp³-hybridized carbons (Fsp3) is 0.480. The van der Waals surface area contributed by atoms with Crippen LogP contribution in [0, 0.1) is 0 Å². The van der Waals surface area contributed by atoms with Crippen LogP contribution in [0.3, 0.4) is 0 Å². The summed E-state index contributed by atoms with van der Waals surface area (Å²) in [5.41, 5.74) is 0.583. The van der Waals surface area contributed by atoms with Crippen LogP contribution in [0.2, 0.25) is 5.02 Å². The highest BCUT2D eigenvalue weighted by atomic mass is 35.5. The number of nitrogens with zero attached hydrogens (tertiary/aromatic N) is 2. The molecular weight excluding hydrogens is 460 g/mol. The summed E-state index contributed by atoms with van der Waals surface area (Å²) in [5.74, 6) is 1.27. The first-order valence-corrected chi connectivity index (χ1v) is 11.7. The first kappa shape index (κ1) is 26.2. The summed E-state index contributed by atoms with van der Waals surface area (Å²) >= 11 is 5.89. The topological polar surface area (TPSA) is 80.7 Å². The van der Waals surface area contributed by atoms with Gasteiger partial charge in [-0.2, -0.15) is 0 Å². The van der Waals surface area contributed by atoms with Gasteiger partial charge in [-0.3, -0.25) is 9.69 Å². The third-order valence-corrected chi connectivity index (χ3v) is 5.81. The SMILES string of the molecule is COCCN(CC1CN(CC(O)COc2ccc(Cl)cc2)CCO1)C(=O)c1ccc(OC)cc1. The number of morpholine rings is 1. The molecule has 1 amide bonds. The van der Waals surface area contributed by atoms with Crippen molar-refractivity contribution in [1.82, 2.24) is 9.80 Å². The van der Waals surface area contributed by atoms with Crippen molar-refractivity contribution in [2.45, 2.75) is 12.2 Å². The van der Waals surface area contributed by atoms with Crippen molar-refractivity contribution in [3.63, 3.8) is 0 Å². The number of carbonyl (C=O) groups is 1. The lowest BCUT2D eigenvalue weighted by atomic mass is 10.1. The van der Waals surface area contributed by atoms with Gasteiger partial charge in [-0.05, 0) is 48.5 Å². The van der Waals surface area contributed by atoms with E-state index in [4.69, 9.17) is 30.5 Å². The van der Waals surface area contributed by atoms with E-state index in [0.717, 1.165) is 0 Å². The molecule has 2 aromatic rings. The van der Waals surface area contributed by atoms with Crippen LogP contribution in [0.15, 0.2) is 48.5 Å². The number of amides is 1. The highest BCUT2D eigenvalue weighted by Crippen LogP contribution is 2.17. The van der Waals surface area contributed by atoms with Crippen molar-refractivity contribution in [2.75, 3.05) is 66.8 Å². The Kier molecular flexibility index (Phi) is 10.4. The Hall–Kier alpha value is -2.36. The summed E-state index contributed by atoms with van der Waals surface area (Å²) in [4.78, 5) is 17.0. The van der Waals surface area contributed by atoms with Crippen LogP contribution in [0.4, 0.5) is 0 Å². The first-order chi connectivity index (χ1) is 16.5. The van der Waals surface area contributed by atoms with E-state index in [2.05, 4.69) is 4.90 Å². The summed E-state index contributed by atoms with van der Waals surface area (Å²) in [5, 5.41) is 11.1. The molecule has 0 radical (unpaired) electrons. The normalized spacial score (nSPS) is 17.2. The molecular formula is C25H33ClN2O6. The predicted molar refractivity (Wildman–Crippen MR) is 130 cm³/mol. The Balaban J connectivity index is 1.52. The van der Waals surface area contributed by atoms with Crippen molar-refractivity contribution >= 4 is 17.5 Å². The second kappa shape index (κ2) is 13.5. The molecule has 186 valence electrons. The van der Waals surface area contributed by atoms with Crippen molar-refractivity contribution in [3.05, 3.63) is 59.1 Å². The number of halogens is 1. The molecule has 3 rings (SSSR count). The molecule has 1 aliphatic rings. The molecule has 1 fully saturated rings. The molecule has 0 aromatic heterocycles. The van der Waals surface area contributed by atoms with Gasteiger partial charge in [0.2, 0.25) is 0 Å². The second-order valence-electron chi connectivity index (χ2n) is 8.14. The molecule has 2 unspecified atom stereocenters. The number of hydrogen-bond donors (Lipinski definition) is 1. The van der Waals surface area contributed by atoms with Crippen molar-refractivity contribution in [2.24, 2.45) is 0 Å². The van der Waals surface area contributed by atoms with E-state index >= 15 is 0 Å². The van der Waals surface area contributed by atoms with E-state index < -0.39 is 6.10 Å². The lowest BCUT2D eigenvalue weighted by molar-refractivity contribution is -0.0546. The number of benzene rings is 2.